The third-order valence-corrected chi connectivity index (χ3v) is 21.5. The highest BCUT2D eigenvalue weighted by Gasteiger charge is 2.42. The number of aromatic hydroxyl groups is 1. The van der Waals surface area contributed by atoms with Crippen LogP contribution in [-0.2, 0) is 91.5 Å². The number of aromatic amines is 1. The second-order valence-electron chi connectivity index (χ2n) is 27.9. The summed E-state index contributed by atoms with van der Waals surface area (Å²) in [6.45, 7) is 6.89. The molecule has 3 aliphatic heterocycles. The van der Waals surface area contributed by atoms with Crippen LogP contribution in [0, 0.1) is 17.3 Å². The van der Waals surface area contributed by atoms with Crippen molar-refractivity contribution in [2.24, 2.45) is 28.7 Å². The summed E-state index contributed by atoms with van der Waals surface area (Å²) in [5.41, 5.74) is 12.5. The van der Waals surface area contributed by atoms with Gasteiger partial charge >= 0.3 is 5.97 Å². The second kappa shape index (κ2) is 38.9. The molecule has 4 aromatic carbocycles. The van der Waals surface area contributed by atoms with Crippen molar-refractivity contribution in [3.8, 4) is 16.9 Å². The normalized spacial score (nSPS) is 23.3. The van der Waals surface area contributed by atoms with Crippen LogP contribution in [0.25, 0.3) is 22.0 Å². The number of aliphatic hydroxyl groups excluding tert-OH is 1. The van der Waals surface area contributed by atoms with Crippen molar-refractivity contribution in [3.05, 3.63) is 126 Å². The maximum absolute atomic E-state index is 15.1. The van der Waals surface area contributed by atoms with E-state index in [4.69, 9.17) is 11.5 Å². The second-order valence-corrected chi connectivity index (χ2v) is 29.9. The highest BCUT2D eigenvalue weighted by molar-refractivity contribution is 7.98. The number of amides is 10. The highest BCUT2D eigenvalue weighted by Crippen LogP contribution is 2.34. The number of carbonyl (C=O) groups is 14. The van der Waals surface area contributed by atoms with Crippen LogP contribution >= 0.6 is 23.5 Å². The Morgan fingerprint density at radius 1 is 0.651 bits per heavy atom. The predicted octanol–water partition coefficient (Wildman–Crippen LogP) is 2.33. The van der Waals surface area contributed by atoms with Crippen molar-refractivity contribution in [3.63, 3.8) is 0 Å². The molecule has 11 atom stereocenters. The zero-order valence-corrected chi connectivity index (χ0v) is 61.8. The molecule has 4 unspecified atom stereocenters. The van der Waals surface area contributed by atoms with Gasteiger partial charge in [0.25, 0.3) is 0 Å². The van der Waals surface area contributed by atoms with Crippen molar-refractivity contribution in [1.82, 2.24) is 52.8 Å². The molecule has 1 aromatic heterocycles. The number of thioether (sulfide) groups is 2. The molecule has 31 heteroatoms. The third kappa shape index (κ3) is 24.3. The van der Waals surface area contributed by atoms with Crippen molar-refractivity contribution < 1.29 is 82.4 Å². The number of nitrogens with one attached hydrogen (secondary N) is 10. The van der Waals surface area contributed by atoms with E-state index in [1.54, 1.807) is 37.4 Å². The molecule has 1 aliphatic carbocycles. The van der Waals surface area contributed by atoms with E-state index in [0.29, 0.717) is 27.8 Å². The van der Waals surface area contributed by atoms with Crippen LogP contribution in [0.4, 0.5) is 0 Å². The van der Waals surface area contributed by atoms with Gasteiger partial charge in [-0.05, 0) is 118 Å². The van der Waals surface area contributed by atoms with Gasteiger partial charge in [0.05, 0.1) is 30.0 Å². The molecule has 4 heterocycles. The van der Waals surface area contributed by atoms with Crippen LogP contribution < -0.4 is 59.3 Å². The minimum Gasteiger partial charge on any atom is -0.508 e. The number of benzene rings is 4. The Bertz CT molecular complexity index is 4020. The molecule has 29 nitrogen and oxygen atoms in total. The molecule has 0 radical (unpaired) electrons. The first-order valence-electron chi connectivity index (χ1n) is 35.1. The summed E-state index contributed by atoms with van der Waals surface area (Å²) < 4.78 is 0. The summed E-state index contributed by atoms with van der Waals surface area (Å²) in [5, 5.41) is 55.1. The number of ketones is 3. The number of fused-ring (bicyclic) bond motifs is 3. The number of primary amides is 2. The fourth-order valence-corrected chi connectivity index (χ4v) is 14.6. The number of nitrogens with two attached hydrogens (primary N) is 2. The lowest BCUT2D eigenvalue weighted by molar-refractivity contribution is -0.140. The minimum atomic E-state index is -1.87. The van der Waals surface area contributed by atoms with E-state index in [2.05, 4.69) is 52.8 Å². The molecular formula is C75H96N12O17S2. The molecule has 0 saturated heterocycles. The van der Waals surface area contributed by atoms with E-state index < -0.39 is 168 Å². The smallest absolute Gasteiger partial charge is 0.303 e. The number of carbonyl (C=O) groups excluding carboxylic acids is 13. The van der Waals surface area contributed by atoms with Crippen molar-refractivity contribution >= 4 is 117 Å². The summed E-state index contributed by atoms with van der Waals surface area (Å²) in [7, 11) is 0. The lowest BCUT2D eigenvalue weighted by Crippen LogP contribution is -2.64. The van der Waals surface area contributed by atoms with Crippen LogP contribution in [0.3, 0.4) is 0 Å². The zero-order valence-electron chi connectivity index (χ0n) is 60.1. The zero-order chi connectivity index (χ0) is 77.6. The Morgan fingerprint density at radius 2 is 1.23 bits per heavy atom. The van der Waals surface area contributed by atoms with E-state index in [1.165, 1.54) is 82.4 Å². The average Bonchev–Trinajstić information content (AvgIpc) is 1.04. The fourth-order valence-electron chi connectivity index (χ4n) is 12.2. The first kappa shape index (κ1) is 83.3. The molecule has 10 amide bonds. The molecule has 570 valence electrons. The monoisotopic (exact) mass is 1500 g/mol. The molecule has 1 fully saturated rings. The largest absolute Gasteiger partial charge is 0.508 e. The average molecular weight is 1500 g/mol. The molecule has 4 bridgehead atoms. The van der Waals surface area contributed by atoms with Crippen LogP contribution in [-0.4, -0.2) is 181 Å². The number of phenolic OH excluding ortho intramolecular Hbond substituents is 1. The van der Waals surface area contributed by atoms with Gasteiger partial charge in [-0.2, -0.15) is 23.5 Å². The van der Waals surface area contributed by atoms with Gasteiger partial charge in [0, 0.05) is 78.8 Å². The molecule has 1 saturated carbocycles. The molecule has 9 rings (SSSR count). The first-order valence-corrected chi connectivity index (χ1v) is 37.4. The summed E-state index contributed by atoms with van der Waals surface area (Å²) in [4.78, 5) is 197. The summed E-state index contributed by atoms with van der Waals surface area (Å²) in [5.74, 6) is -13.3. The number of H-pyrrole nitrogens is 1. The summed E-state index contributed by atoms with van der Waals surface area (Å²) in [6, 6.07) is 15.9. The Hall–Kier alpha value is -9.98. The van der Waals surface area contributed by atoms with Gasteiger partial charge in [-0.3, -0.25) is 67.1 Å². The van der Waals surface area contributed by atoms with Gasteiger partial charge in [0.15, 0.2) is 0 Å². The van der Waals surface area contributed by atoms with Crippen molar-refractivity contribution in [1.29, 1.82) is 0 Å². The Labute approximate surface area is 622 Å². The van der Waals surface area contributed by atoms with Gasteiger partial charge in [-0.25, -0.2) is 0 Å². The highest BCUT2D eigenvalue weighted by atomic mass is 32.2. The number of aromatic nitrogens is 1. The lowest BCUT2D eigenvalue weighted by Gasteiger charge is -2.35. The Kier molecular flexibility index (Phi) is 30.5. The molecule has 4 aliphatic rings. The Balaban J connectivity index is 1.26. The summed E-state index contributed by atoms with van der Waals surface area (Å²) >= 11 is 2.59. The van der Waals surface area contributed by atoms with E-state index in [0.717, 1.165) is 41.5 Å². The first-order chi connectivity index (χ1) is 50.2. The number of aliphatic hydroxyl groups is 1. The van der Waals surface area contributed by atoms with Gasteiger partial charge in [0.2, 0.25) is 70.6 Å². The van der Waals surface area contributed by atoms with E-state index in [9.17, 15) is 72.9 Å². The third-order valence-electron chi connectivity index (χ3n) is 18.8. The summed E-state index contributed by atoms with van der Waals surface area (Å²) in [6.07, 6.45) is 1.45. The SMILES string of the molecule is CC(=O)C[C@]1(C)CSCc2ccc(cc2)-c2ccc(cc2)CSC[C@@](C)(C(=O)NC(CO)C(=O)N[C@@H](C)C(=O)NC(C)C(N)=O)NC(=O)[C@H](CC2CCC2)CN[C@@H](CCC(N)=O)C(=O)C(=O)C(C)NC(=O)[C@H](Cc2c[nH]c3ccccc23)NC(=O)C(Cc2ccc(O)cc2)NC(=O)[C@H](CCC(=O)O)NC1=O. The van der Waals surface area contributed by atoms with Crippen LogP contribution in [0.2, 0.25) is 0 Å². The number of aliphatic carboxylic acids is 1. The van der Waals surface area contributed by atoms with Crippen LogP contribution in [0.15, 0.2) is 103 Å². The lowest BCUT2D eigenvalue weighted by atomic mass is 9.78. The van der Waals surface area contributed by atoms with Gasteiger partial charge in [0.1, 0.15) is 53.3 Å². The van der Waals surface area contributed by atoms with Crippen molar-refractivity contribution in [2.45, 2.75) is 178 Å². The van der Waals surface area contributed by atoms with E-state index in [-0.39, 0.29) is 73.4 Å². The number of Topliss-reactive ketones (excluding diaryl/α,β-unsaturated/α-hetero) is 3. The number of rotatable bonds is 22. The van der Waals surface area contributed by atoms with Gasteiger partial charge in [-0.1, -0.05) is 98.1 Å². The number of carboxylic acid groups (broad SMARTS) is 1. The number of hydrogen-bond donors (Lipinski definition) is 15. The molecular weight excluding hydrogens is 1410 g/mol. The van der Waals surface area contributed by atoms with Crippen LogP contribution in [0.5, 0.6) is 5.75 Å². The minimum absolute atomic E-state index is 0.00723. The number of hydrogen-bond acceptors (Lipinski definition) is 19. The van der Waals surface area contributed by atoms with E-state index >= 15 is 9.59 Å². The predicted molar refractivity (Wildman–Crippen MR) is 397 cm³/mol. The molecule has 5 aromatic rings. The standard InChI is InChI=1S/C75H96N12O17S2/c1-41(89)33-74(5)39-105-37-47-14-20-49(21-15-47)50-22-16-48(17-23-50)38-106-40-75(6,73(104)86-60(36-88)71(102)82-44(4)66(97)81-43(3)65(77)96)87-67(98)52(30-45-10-9-11-45)35-79-56(26-28-61(76)91)64(95)63(94)42(2)80-69(100)59(32-51-34-78-55-13-8-7-12-54(51)55)84-70(101)58(31-46-18-24-53(90)25-19-46)83-68(99)57(85-72(74)103)27-29-62(92)93/h7-8,12-25,34,42-45,52,56-60,78-79,88,90H,9-11,26-33,35-40H2,1-6H3,(H2,76,91)(H2,77,96)(H,80,100)(H,81,97)(H,82,102)(H,83,99)(H,84,101)(H,85,103)(H,86,104)(H,87,98)(H,92,93)/t42?,43?,44-,52+,56-,57-,58?,59-,60?,74+,75-/m0/s1. The fraction of sp³-hybridized carbons (Fsp3) is 0.467. The van der Waals surface area contributed by atoms with Crippen molar-refractivity contribution in [2.75, 3.05) is 24.7 Å². The van der Waals surface area contributed by atoms with Gasteiger partial charge in [-0.15, -0.1) is 0 Å². The Morgan fingerprint density at radius 3 is 1.80 bits per heavy atom. The number of phenols is 1. The van der Waals surface area contributed by atoms with Crippen LogP contribution in [0.1, 0.15) is 122 Å². The quantitative estimate of drug-likeness (QED) is 0.0442. The molecule has 17 N–H and O–H groups in total. The van der Waals surface area contributed by atoms with E-state index in [1.807, 2.05) is 48.5 Å². The maximum Gasteiger partial charge on any atom is 0.303 e. The topological polar surface area (TPSA) is 476 Å². The molecule has 106 heavy (non-hydrogen) atoms. The van der Waals surface area contributed by atoms with Gasteiger partial charge < -0.3 is 79.6 Å². The molecule has 0 spiro atoms. The number of carboxylic acids is 1. The number of para-hydroxylation sites is 1. The maximum atomic E-state index is 15.1.